The van der Waals surface area contributed by atoms with E-state index in [-0.39, 0.29) is 12.6 Å². The lowest BCUT2D eigenvalue weighted by Crippen LogP contribution is -2.48. The van der Waals surface area contributed by atoms with Gasteiger partial charge < -0.3 is 20.5 Å². The number of benzene rings is 1. The van der Waals surface area contributed by atoms with Gasteiger partial charge in [-0.15, -0.1) is 0 Å². The van der Waals surface area contributed by atoms with Crippen LogP contribution in [0.1, 0.15) is 51.9 Å². The molecule has 10 heteroatoms. The largest absolute Gasteiger partial charge is 0.458 e. The van der Waals surface area contributed by atoms with Gasteiger partial charge in [0.15, 0.2) is 6.04 Å². The van der Waals surface area contributed by atoms with Crippen molar-refractivity contribution in [2.75, 3.05) is 11.0 Å². The lowest BCUT2D eigenvalue weighted by molar-refractivity contribution is -0.160. The minimum Gasteiger partial charge on any atom is -0.458 e. The molecule has 0 spiro atoms. The molecular weight excluding hydrogens is 434 g/mol. The molecule has 0 unspecified atom stereocenters. The molecule has 1 amide bonds. The summed E-state index contributed by atoms with van der Waals surface area (Å²) in [4.78, 5) is 29.7. The summed E-state index contributed by atoms with van der Waals surface area (Å²) >= 11 is 6.05. The fraction of sp³-hybridized carbons (Fsp3) is 0.455. The number of fused-ring (bicyclic) bond motifs is 1. The Morgan fingerprint density at radius 1 is 1.19 bits per heavy atom. The zero-order chi connectivity index (χ0) is 24.3. The minimum absolute atomic E-state index is 0.0384. The highest BCUT2D eigenvalue weighted by Crippen LogP contribution is 2.27. The number of ether oxygens (including phenoxy) is 2. The van der Waals surface area contributed by atoms with Crippen molar-refractivity contribution < 1.29 is 19.1 Å². The fourth-order valence-corrected chi connectivity index (χ4v) is 2.84. The topological polar surface area (TPSA) is 131 Å². The third-order valence-electron chi connectivity index (χ3n) is 4.10. The van der Waals surface area contributed by atoms with Gasteiger partial charge in [-0.2, -0.15) is 0 Å². The van der Waals surface area contributed by atoms with Gasteiger partial charge in [0.1, 0.15) is 5.60 Å². The van der Waals surface area contributed by atoms with E-state index >= 15 is 0 Å². The van der Waals surface area contributed by atoms with E-state index in [4.69, 9.17) is 32.4 Å². The maximum Gasteiger partial charge on any atom is 0.331 e. The SMILES string of the molecule is CC(C)(C)OC[C@H](NC(=O)c1ccc2c(N(Cl)C(=N)N)cncc2c1)C(=O)OC(C)(C)C. The molecule has 0 saturated heterocycles. The summed E-state index contributed by atoms with van der Waals surface area (Å²) in [6.07, 6.45) is 3.04. The van der Waals surface area contributed by atoms with Crippen molar-refractivity contribution in [3.63, 3.8) is 0 Å². The Labute approximate surface area is 192 Å². The predicted molar refractivity (Wildman–Crippen MR) is 125 cm³/mol. The molecule has 0 fully saturated rings. The van der Waals surface area contributed by atoms with Crippen LogP contribution in [0.5, 0.6) is 0 Å². The van der Waals surface area contributed by atoms with Crippen LogP contribution in [-0.2, 0) is 14.3 Å². The Morgan fingerprint density at radius 2 is 1.84 bits per heavy atom. The highest BCUT2D eigenvalue weighted by Gasteiger charge is 2.29. The molecule has 2 aromatic rings. The number of aromatic nitrogens is 1. The first-order valence-electron chi connectivity index (χ1n) is 10.0. The summed E-state index contributed by atoms with van der Waals surface area (Å²) in [5.74, 6) is -1.42. The van der Waals surface area contributed by atoms with Gasteiger partial charge in [0.2, 0.25) is 5.96 Å². The van der Waals surface area contributed by atoms with E-state index in [0.717, 1.165) is 4.42 Å². The third-order valence-corrected chi connectivity index (χ3v) is 4.47. The smallest absolute Gasteiger partial charge is 0.331 e. The van der Waals surface area contributed by atoms with Crippen molar-refractivity contribution >= 4 is 46.1 Å². The second-order valence-corrected chi connectivity index (χ2v) is 9.58. The number of amides is 1. The molecule has 0 aliphatic rings. The zero-order valence-corrected chi connectivity index (χ0v) is 19.9. The fourth-order valence-electron chi connectivity index (χ4n) is 2.70. The van der Waals surface area contributed by atoms with Crippen molar-refractivity contribution in [3.05, 3.63) is 36.2 Å². The first-order chi connectivity index (χ1) is 14.7. The van der Waals surface area contributed by atoms with Gasteiger partial charge in [-0.25, -0.2) is 9.21 Å². The van der Waals surface area contributed by atoms with Crippen LogP contribution >= 0.6 is 11.8 Å². The van der Waals surface area contributed by atoms with E-state index in [9.17, 15) is 9.59 Å². The second-order valence-electron chi connectivity index (χ2n) is 9.24. The molecule has 0 saturated carbocycles. The minimum atomic E-state index is -0.989. The number of carbonyl (C=O) groups is 2. The van der Waals surface area contributed by atoms with E-state index in [1.807, 2.05) is 20.8 Å². The van der Waals surface area contributed by atoms with E-state index in [1.54, 1.807) is 45.2 Å². The highest BCUT2D eigenvalue weighted by molar-refractivity contribution is 6.38. The molecule has 0 aliphatic carbocycles. The summed E-state index contributed by atoms with van der Waals surface area (Å²) in [6, 6.07) is 3.89. The number of hydrogen-bond acceptors (Lipinski definition) is 6. The molecule has 4 N–H and O–H groups in total. The molecule has 9 nitrogen and oxygen atoms in total. The molecule has 174 valence electrons. The predicted octanol–water partition coefficient (Wildman–Crippen LogP) is 3.34. The molecule has 2 rings (SSSR count). The normalized spacial score (nSPS) is 12.8. The van der Waals surface area contributed by atoms with Gasteiger partial charge in [0.25, 0.3) is 5.91 Å². The van der Waals surface area contributed by atoms with Crippen LogP contribution in [0.2, 0.25) is 0 Å². The molecule has 32 heavy (non-hydrogen) atoms. The lowest BCUT2D eigenvalue weighted by atomic mass is 10.1. The second kappa shape index (κ2) is 9.70. The van der Waals surface area contributed by atoms with Crippen LogP contribution in [0.3, 0.4) is 0 Å². The molecule has 0 bridgehead atoms. The number of anilines is 1. The van der Waals surface area contributed by atoms with Crippen LogP contribution in [0.15, 0.2) is 30.6 Å². The number of nitrogens with zero attached hydrogens (tertiary/aromatic N) is 2. The Balaban J connectivity index is 2.29. The number of halogens is 1. The third kappa shape index (κ3) is 7.06. The van der Waals surface area contributed by atoms with Crippen LogP contribution in [0.25, 0.3) is 10.8 Å². The van der Waals surface area contributed by atoms with Gasteiger partial charge in [-0.1, -0.05) is 6.07 Å². The number of hydrogen-bond donors (Lipinski definition) is 3. The lowest BCUT2D eigenvalue weighted by Gasteiger charge is -2.27. The van der Waals surface area contributed by atoms with E-state index < -0.39 is 29.1 Å². The number of guanidine groups is 1. The summed E-state index contributed by atoms with van der Waals surface area (Å²) < 4.78 is 12.1. The van der Waals surface area contributed by atoms with Crippen molar-refractivity contribution in [2.45, 2.75) is 58.8 Å². The van der Waals surface area contributed by atoms with Crippen molar-refractivity contribution in [1.82, 2.24) is 10.3 Å². The summed E-state index contributed by atoms with van der Waals surface area (Å²) in [6.45, 7) is 10.8. The monoisotopic (exact) mass is 463 g/mol. The number of rotatable bonds is 6. The Morgan fingerprint density at radius 3 is 2.41 bits per heavy atom. The van der Waals surface area contributed by atoms with Gasteiger partial charge >= 0.3 is 5.97 Å². The average Bonchev–Trinajstić information content (AvgIpc) is 2.67. The van der Waals surface area contributed by atoms with Crippen LogP contribution in [-0.4, -0.2) is 46.7 Å². The average molecular weight is 464 g/mol. The van der Waals surface area contributed by atoms with Crippen molar-refractivity contribution in [3.8, 4) is 0 Å². The van der Waals surface area contributed by atoms with Crippen molar-refractivity contribution in [2.24, 2.45) is 5.73 Å². The number of nitrogens with two attached hydrogens (primary N) is 1. The van der Waals surface area contributed by atoms with E-state index in [1.165, 1.54) is 6.20 Å². The summed E-state index contributed by atoms with van der Waals surface area (Å²) in [5, 5.41) is 11.5. The number of esters is 1. The van der Waals surface area contributed by atoms with Crippen LogP contribution in [0, 0.1) is 5.41 Å². The quantitative estimate of drug-likeness (QED) is 0.259. The van der Waals surface area contributed by atoms with E-state index in [0.29, 0.717) is 22.0 Å². The summed E-state index contributed by atoms with van der Waals surface area (Å²) in [5.41, 5.74) is 4.96. The number of carbonyl (C=O) groups excluding carboxylic acids is 2. The van der Waals surface area contributed by atoms with Crippen molar-refractivity contribution in [1.29, 1.82) is 5.41 Å². The van der Waals surface area contributed by atoms with Gasteiger partial charge in [-0.3, -0.25) is 15.2 Å². The molecule has 0 aliphatic heterocycles. The summed E-state index contributed by atoms with van der Waals surface area (Å²) in [7, 11) is 0. The maximum atomic E-state index is 12.9. The number of pyridine rings is 1. The van der Waals surface area contributed by atoms with Crippen LogP contribution < -0.4 is 15.5 Å². The van der Waals surface area contributed by atoms with Gasteiger partial charge in [0, 0.05) is 34.3 Å². The standard InChI is InChI=1S/C22H30ClN5O4/c1-21(2,3)31-12-16(19(30)32-22(4,5)6)27-18(29)13-7-8-15-14(9-13)10-26-11-17(15)28(23)20(24)25/h7-11,16H,12H2,1-6H3,(H3,24,25)(H,27,29)/t16-/m0/s1. The zero-order valence-electron chi connectivity index (χ0n) is 19.2. The number of nitrogens with one attached hydrogen (secondary N) is 2. The van der Waals surface area contributed by atoms with E-state index in [2.05, 4.69) is 10.3 Å². The molecule has 1 heterocycles. The Hall–Kier alpha value is -2.91. The highest BCUT2D eigenvalue weighted by atomic mass is 35.5. The molecule has 0 radical (unpaired) electrons. The van der Waals surface area contributed by atoms with Gasteiger partial charge in [-0.05, 0) is 53.7 Å². The Bertz CT molecular complexity index is 1010. The molecular formula is C22H30ClN5O4. The molecule has 1 aromatic heterocycles. The maximum absolute atomic E-state index is 12.9. The first-order valence-corrected chi connectivity index (χ1v) is 10.4. The van der Waals surface area contributed by atoms with Crippen LogP contribution in [0.4, 0.5) is 5.69 Å². The molecule has 1 atom stereocenters. The Kier molecular flexibility index (Phi) is 7.69. The molecule has 1 aromatic carbocycles. The van der Waals surface area contributed by atoms with Gasteiger partial charge in [0.05, 0.1) is 24.1 Å². The first kappa shape index (κ1) is 25.4.